The molecule has 0 aliphatic carbocycles. The Hall–Kier alpha value is -1.20. The zero-order valence-corrected chi connectivity index (χ0v) is 11.3. The molecule has 0 radical (unpaired) electrons. The van der Waals surface area contributed by atoms with Crippen LogP contribution in [-0.2, 0) is 0 Å². The van der Waals surface area contributed by atoms with Crippen molar-refractivity contribution in [3.8, 4) is 0 Å². The maximum atomic E-state index is 13.8. The van der Waals surface area contributed by atoms with Crippen LogP contribution in [0, 0.1) is 11.6 Å². The van der Waals surface area contributed by atoms with Crippen LogP contribution in [-0.4, -0.2) is 6.54 Å². The van der Waals surface area contributed by atoms with Gasteiger partial charge in [0.05, 0.1) is 16.8 Å². The highest BCUT2D eigenvalue weighted by Crippen LogP contribution is 2.32. The quantitative estimate of drug-likeness (QED) is 0.922. The molecule has 0 spiro atoms. The summed E-state index contributed by atoms with van der Waals surface area (Å²) in [5.74, 6) is -0.727. The zero-order chi connectivity index (χ0) is 13.1. The molecule has 0 aliphatic rings. The summed E-state index contributed by atoms with van der Waals surface area (Å²) in [6.07, 6.45) is 1.47. The van der Waals surface area contributed by atoms with E-state index < -0.39 is 17.7 Å². The van der Waals surface area contributed by atoms with Crippen molar-refractivity contribution in [2.45, 2.75) is 13.0 Å². The topological polar surface area (TPSA) is 25.2 Å². The largest absolute Gasteiger partial charge is 0.466 e. The first-order valence-electron chi connectivity index (χ1n) is 5.55. The Kier molecular flexibility index (Phi) is 4.14. The van der Waals surface area contributed by atoms with E-state index in [4.69, 9.17) is 4.42 Å². The van der Waals surface area contributed by atoms with Crippen molar-refractivity contribution in [1.82, 2.24) is 5.32 Å². The molecule has 1 unspecified atom stereocenters. The Morgan fingerprint density at radius 2 is 1.94 bits per heavy atom. The van der Waals surface area contributed by atoms with Gasteiger partial charge in [-0.15, -0.1) is 0 Å². The minimum atomic E-state index is -0.652. The Bertz CT molecular complexity index is 521. The van der Waals surface area contributed by atoms with Crippen molar-refractivity contribution in [3.63, 3.8) is 0 Å². The van der Waals surface area contributed by atoms with Crippen LogP contribution in [0.4, 0.5) is 8.78 Å². The smallest absolute Gasteiger partial charge is 0.139 e. The molecule has 1 heterocycles. The molecule has 0 fully saturated rings. The molecule has 0 amide bonds. The third-order valence-corrected chi connectivity index (χ3v) is 3.26. The van der Waals surface area contributed by atoms with Crippen LogP contribution in [0.1, 0.15) is 24.3 Å². The highest BCUT2D eigenvalue weighted by molar-refractivity contribution is 9.10. The summed E-state index contributed by atoms with van der Waals surface area (Å²) in [6.45, 7) is 2.42. The lowest BCUT2D eigenvalue weighted by Gasteiger charge is -2.18. The molecule has 1 aromatic carbocycles. The number of nitrogens with one attached hydrogen (secondary N) is 1. The lowest BCUT2D eigenvalue weighted by molar-refractivity contribution is 0.425. The van der Waals surface area contributed by atoms with Gasteiger partial charge in [-0.25, -0.2) is 8.78 Å². The van der Waals surface area contributed by atoms with E-state index in [0.29, 0.717) is 16.8 Å². The van der Waals surface area contributed by atoms with E-state index in [0.717, 1.165) is 0 Å². The van der Waals surface area contributed by atoms with Crippen LogP contribution in [0.3, 0.4) is 0 Å². The molecule has 2 aromatic rings. The predicted octanol–water partition coefficient (Wildman–Crippen LogP) is 4.02. The van der Waals surface area contributed by atoms with Crippen molar-refractivity contribution in [3.05, 3.63) is 58.0 Å². The second-order valence-electron chi connectivity index (χ2n) is 3.76. The average Bonchev–Trinajstić information content (AvgIpc) is 2.74. The molecule has 1 atom stereocenters. The van der Waals surface area contributed by atoms with Crippen molar-refractivity contribution in [2.75, 3.05) is 6.54 Å². The molecule has 96 valence electrons. The number of benzene rings is 1. The van der Waals surface area contributed by atoms with Gasteiger partial charge in [-0.2, -0.15) is 0 Å². The van der Waals surface area contributed by atoms with Gasteiger partial charge in [-0.05, 0) is 40.7 Å². The first kappa shape index (κ1) is 13.2. The van der Waals surface area contributed by atoms with Crippen LogP contribution in [0.2, 0.25) is 0 Å². The van der Waals surface area contributed by atoms with E-state index in [1.165, 1.54) is 24.5 Å². The summed E-state index contributed by atoms with van der Waals surface area (Å²) >= 11 is 3.30. The van der Waals surface area contributed by atoms with E-state index in [1.807, 2.05) is 6.92 Å². The molecular formula is C13H12BrF2NO. The molecule has 2 rings (SSSR count). The van der Waals surface area contributed by atoms with E-state index in [2.05, 4.69) is 21.2 Å². The second kappa shape index (κ2) is 5.63. The SMILES string of the molecule is CCNC(c1occc1Br)c1c(F)cccc1F. The standard InChI is InChI=1S/C13H12BrF2NO/c1-2-17-12(13-8(14)6-7-18-13)11-9(15)4-3-5-10(11)16/h3-7,12,17H,2H2,1H3. The first-order valence-corrected chi connectivity index (χ1v) is 6.34. The van der Waals surface area contributed by atoms with E-state index in [-0.39, 0.29) is 5.56 Å². The Labute approximate surface area is 112 Å². The minimum Gasteiger partial charge on any atom is -0.466 e. The van der Waals surface area contributed by atoms with Crippen LogP contribution in [0.15, 0.2) is 39.4 Å². The fourth-order valence-electron chi connectivity index (χ4n) is 1.83. The normalized spacial score (nSPS) is 12.7. The van der Waals surface area contributed by atoms with Crippen molar-refractivity contribution in [2.24, 2.45) is 0 Å². The monoisotopic (exact) mass is 315 g/mol. The first-order chi connectivity index (χ1) is 8.65. The zero-order valence-electron chi connectivity index (χ0n) is 9.71. The van der Waals surface area contributed by atoms with Gasteiger partial charge in [0.1, 0.15) is 17.4 Å². The Balaban J connectivity index is 2.52. The summed E-state index contributed by atoms with van der Waals surface area (Å²) in [7, 11) is 0. The second-order valence-corrected chi connectivity index (χ2v) is 4.61. The summed E-state index contributed by atoms with van der Waals surface area (Å²) in [6, 6.07) is 4.85. The molecule has 1 aromatic heterocycles. The van der Waals surface area contributed by atoms with E-state index in [9.17, 15) is 8.78 Å². The molecule has 2 nitrogen and oxygen atoms in total. The van der Waals surface area contributed by atoms with Crippen molar-refractivity contribution in [1.29, 1.82) is 0 Å². The minimum absolute atomic E-state index is 0.0324. The lowest BCUT2D eigenvalue weighted by atomic mass is 10.0. The van der Waals surface area contributed by atoms with Gasteiger partial charge in [0.2, 0.25) is 0 Å². The van der Waals surface area contributed by atoms with Gasteiger partial charge >= 0.3 is 0 Å². The summed E-state index contributed by atoms with van der Waals surface area (Å²) < 4.78 is 33.6. The van der Waals surface area contributed by atoms with E-state index in [1.54, 1.807) is 6.07 Å². The number of hydrogen-bond donors (Lipinski definition) is 1. The Morgan fingerprint density at radius 3 is 2.44 bits per heavy atom. The maximum absolute atomic E-state index is 13.8. The molecule has 0 aliphatic heterocycles. The summed E-state index contributed by atoms with van der Waals surface area (Å²) in [4.78, 5) is 0. The van der Waals surface area contributed by atoms with Gasteiger partial charge in [-0.3, -0.25) is 0 Å². The number of hydrogen-bond acceptors (Lipinski definition) is 2. The van der Waals surface area contributed by atoms with Crippen LogP contribution < -0.4 is 5.32 Å². The highest BCUT2D eigenvalue weighted by atomic mass is 79.9. The highest BCUT2D eigenvalue weighted by Gasteiger charge is 2.25. The van der Waals surface area contributed by atoms with Gasteiger partial charge in [0.25, 0.3) is 0 Å². The van der Waals surface area contributed by atoms with Crippen molar-refractivity contribution < 1.29 is 13.2 Å². The fraction of sp³-hybridized carbons (Fsp3) is 0.231. The molecule has 1 N–H and O–H groups in total. The van der Waals surface area contributed by atoms with Gasteiger partial charge in [0, 0.05) is 5.56 Å². The van der Waals surface area contributed by atoms with Crippen LogP contribution in [0.5, 0.6) is 0 Å². The van der Waals surface area contributed by atoms with Crippen LogP contribution in [0.25, 0.3) is 0 Å². The molecule has 0 saturated heterocycles. The Morgan fingerprint density at radius 1 is 1.28 bits per heavy atom. The molecule has 5 heteroatoms. The van der Waals surface area contributed by atoms with Crippen molar-refractivity contribution >= 4 is 15.9 Å². The molecular weight excluding hydrogens is 304 g/mol. The third-order valence-electron chi connectivity index (χ3n) is 2.60. The number of halogens is 3. The molecule has 0 saturated carbocycles. The van der Waals surface area contributed by atoms with E-state index >= 15 is 0 Å². The van der Waals surface area contributed by atoms with Gasteiger partial charge in [-0.1, -0.05) is 13.0 Å². The average molecular weight is 316 g/mol. The maximum Gasteiger partial charge on any atom is 0.139 e. The predicted molar refractivity (Wildman–Crippen MR) is 68.3 cm³/mol. The number of rotatable bonds is 4. The van der Waals surface area contributed by atoms with Crippen LogP contribution >= 0.6 is 15.9 Å². The van der Waals surface area contributed by atoms with Gasteiger partial charge in [0.15, 0.2) is 0 Å². The van der Waals surface area contributed by atoms with Gasteiger partial charge < -0.3 is 9.73 Å². The number of furan rings is 1. The summed E-state index contributed by atoms with van der Waals surface area (Å²) in [5, 5.41) is 3.02. The lowest BCUT2D eigenvalue weighted by Crippen LogP contribution is -2.24. The molecule has 0 bridgehead atoms. The third kappa shape index (κ3) is 2.47. The molecule has 18 heavy (non-hydrogen) atoms. The summed E-state index contributed by atoms with van der Waals surface area (Å²) in [5.41, 5.74) is -0.0324. The fourth-order valence-corrected chi connectivity index (χ4v) is 2.26.